The highest BCUT2D eigenvalue weighted by atomic mass is 16.5. The van der Waals surface area contributed by atoms with Crippen LogP contribution in [-0.4, -0.2) is 69.9 Å². The van der Waals surface area contributed by atoms with Gasteiger partial charge in [-0.05, 0) is 31.4 Å². The van der Waals surface area contributed by atoms with Gasteiger partial charge in [-0.1, -0.05) is 6.07 Å². The Kier molecular flexibility index (Phi) is 5.20. The standard InChI is InChI=1S/C22H29N5O3/c1-30-14-18-4-3-9-26(18)22(29)21-16-10-15(19-5-2-6-20(28)27(19)21)11-25(12-16)13-17-7-8-23-24-17/h2,5-8,15-16,18,21H,3-4,9-14H2,1H3,(H,23,24)/t15-,16+,18-,21+/m0/s1. The summed E-state index contributed by atoms with van der Waals surface area (Å²) in [6, 6.07) is 7.10. The Bertz CT molecular complexity index is 956. The molecule has 1 amide bonds. The van der Waals surface area contributed by atoms with Gasteiger partial charge < -0.3 is 9.64 Å². The number of hydrogen-bond donors (Lipinski definition) is 1. The number of pyridine rings is 1. The van der Waals surface area contributed by atoms with Gasteiger partial charge in [0.2, 0.25) is 5.91 Å². The van der Waals surface area contributed by atoms with Gasteiger partial charge in [0, 0.05) is 68.8 Å². The number of hydrogen-bond acceptors (Lipinski definition) is 5. The fourth-order valence-corrected chi connectivity index (χ4v) is 5.75. The lowest BCUT2D eigenvalue weighted by molar-refractivity contribution is -0.140. The molecule has 1 N–H and O–H groups in total. The van der Waals surface area contributed by atoms with Crippen LogP contribution in [0.5, 0.6) is 0 Å². The first-order chi connectivity index (χ1) is 14.7. The fraction of sp³-hybridized carbons (Fsp3) is 0.591. The fourth-order valence-electron chi connectivity index (χ4n) is 5.75. The summed E-state index contributed by atoms with van der Waals surface area (Å²) in [6.07, 6.45) is 4.66. The van der Waals surface area contributed by atoms with Crippen molar-refractivity contribution < 1.29 is 9.53 Å². The van der Waals surface area contributed by atoms with Crippen molar-refractivity contribution in [3.63, 3.8) is 0 Å². The topological polar surface area (TPSA) is 83.5 Å². The molecule has 3 aliphatic heterocycles. The largest absolute Gasteiger partial charge is 0.383 e. The summed E-state index contributed by atoms with van der Waals surface area (Å²) in [4.78, 5) is 31.1. The van der Waals surface area contributed by atoms with E-state index in [0.717, 1.165) is 56.8 Å². The molecule has 0 saturated carbocycles. The number of nitrogens with zero attached hydrogens (tertiary/aromatic N) is 4. The van der Waals surface area contributed by atoms with Gasteiger partial charge in [-0.15, -0.1) is 0 Å². The maximum absolute atomic E-state index is 13.8. The number of carbonyl (C=O) groups excluding carboxylic acids is 1. The third-order valence-corrected chi connectivity index (χ3v) is 6.95. The lowest BCUT2D eigenvalue weighted by Crippen LogP contribution is -2.54. The summed E-state index contributed by atoms with van der Waals surface area (Å²) < 4.78 is 7.17. The van der Waals surface area contributed by atoms with E-state index < -0.39 is 6.04 Å². The van der Waals surface area contributed by atoms with E-state index >= 15 is 0 Å². The van der Waals surface area contributed by atoms with Crippen LogP contribution in [0.1, 0.15) is 42.6 Å². The highest BCUT2D eigenvalue weighted by molar-refractivity contribution is 5.82. The normalized spacial score (nSPS) is 28.5. The average Bonchev–Trinajstić information content (AvgIpc) is 3.41. The molecule has 2 bridgehead atoms. The number of nitrogens with one attached hydrogen (secondary N) is 1. The molecule has 3 aliphatic rings. The third-order valence-electron chi connectivity index (χ3n) is 6.95. The van der Waals surface area contributed by atoms with Crippen molar-refractivity contribution in [3.8, 4) is 0 Å². The Morgan fingerprint density at radius 1 is 1.30 bits per heavy atom. The summed E-state index contributed by atoms with van der Waals surface area (Å²) in [5.74, 6) is 0.462. The van der Waals surface area contributed by atoms with Crippen LogP contribution < -0.4 is 5.56 Å². The van der Waals surface area contributed by atoms with E-state index in [2.05, 4.69) is 15.1 Å². The predicted molar refractivity (Wildman–Crippen MR) is 111 cm³/mol. The monoisotopic (exact) mass is 411 g/mol. The summed E-state index contributed by atoms with van der Waals surface area (Å²) >= 11 is 0. The summed E-state index contributed by atoms with van der Waals surface area (Å²) in [5.41, 5.74) is 2.00. The van der Waals surface area contributed by atoms with Crippen LogP contribution in [0.3, 0.4) is 0 Å². The number of rotatable bonds is 5. The molecule has 8 heteroatoms. The quantitative estimate of drug-likeness (QED) is 0.804. The minimum Gasteiger partial charge on any atom is -0.383 e. The molecular formula is C22H29N5O3. The molecule has 0 spiro atoms. The Morgan fingerprint density at radius 2 is 2.20 bits per heavy atom. The maximum atomic E-state index is 13.8. The van der Waals surface area contributed by atoms with Crippen molar-refractivity contribution in [3.05, 3.63) is 52.2 Å². The van der Waals surface area contributed by atoms with Crippen LogP contribution in [0.2, 0.25) is 0 Å². The molecule has 2 aromatic heterocycles. The van der Waals surface area contributed by atoms with Gasteiger partial charge >= 0.3 is 0 Å². The molecule has 8 nitrogen and oxygen atoms in total. The molecule has 0 radical (unpaired) electrons. The number of piperidine rings is 1. The molecular weight excluding hydrogens is 382 g/mol. The number of amides is 1. The molecule has 2 fully saturated rings. The third kappa shape index (κ3) is 3.37. The van der Waals surface area contributed by atoms with Gasteiger partial charge in [-0.3, -0.25) is 24.2 Å². The lowest BCUT2D eigenvalue weighted by Gasteiger charge is -2.47. The molecule has 30 heavy (non-hydrogen) atoms. The number of H-pyrrole nitrogens is 1. The van der Waals surface area contributed by atoms with Gasteiger partial charge in [-0.2, -0.15) is 5.10 Å². The van der Waals surface area contributed by atoms with Crippen LogP contribution in [0.25, 0.3) is 0 Å². The second-order valence-corrected chi connectivity index (χ2v) is 8.86. The van der Waals surface area contributed by atoms with E-state index in [9.17, 15) is 9.59 Å². The van der Waals surface area contributed by atoms with Crippen LogP contribution in [-0.2, 0) is 16.1 Å². The van der Waals surface area contributed by atoms with E-state index in [0.29, 0.717) is 6.61 Å². The minimum absolute atomic E-state index is 0.0648. The predicted octanol–water partition coefficient (Wildman–Crippen LogP) is 1.37. The SMILES string of the molecule is COC[C@@H]1CCCN1C(=O)[C@H]1[C@@H]2C[C@@H](CN(Cc3ccn[nH]3)C2)c2cccc(=O)n21. The molecule has 0 unspecified atom stereocenters. The molecule has 2 aromatic rings. The van der Waals surface area contributed by atoms with Crippen LogP contribution in [0, 0.1) is 5.92 Å². The zero-order chi connectivity index (χ0) is 20.7. The Balaban J connectivity index is 1.49. The zero-order valence-electron chi connectivity index (χ0n) is 17.4. The van der Waals surface area contributed by atoms with Gasteiger partial charge in [0.25, 0.3) is 5.56 Å². The number of aromatic amines is 1. The molecule has 2 saturated heterocycles. The number of ether oxygens (including phenoxy) is 1. The van der Waals surface area contributed by atoms with Gasteiger partial charge in [0.1, 0.15) is 6.04 Å². The molecule has 160 valence electrons. The molecule has 4 atom stereocenters. The van der Waals surface area contributed by atoms with Gasteiger partial charge in [0.05, 0.1) is 12.6 Å². The number of fused-ring (bicyclic) bond motifs is 4. The summed E-state index contributed by atoms with van der Waals surface area (Å²) in [7, 11) is 1.68. The minimum atomic E-state index is -0.438. The van der Waals surface area contributed by atoms with E-state index in [-0.39, 0.29) is 29.3 Å². The van der Waals surface area contributed by atoms with Crippen LogP contribution in [0.4, 0.5) is 0 Å². The first-order valence-corrected chi connectivity index (χ1v) is 10.9. The maximum Gasteiger partial charge on any atom is 0.251 e. The van der Waals surface area contributed by atoms with E-state index in [1.807, 2.05) is 23.1 Å². The Labute approximate surface area is 175 Å². The van der Waals surface area contributed by atoms with E-state index in [1.54, 1.807) is 23.9 Å². The Morgan fingerprint density at radius 3 is 3.00 bits per heavy atom. The first-order valence-electron chi connectivity index (χ1n) is 10.9. The Hall–Kier alpha value is -2.45. The van der Waals surface area contributed by atoms with Crippen LogP contribution >= 0.6 is 0 Å². The van der Waals surface area contributed by atoms with Crippen molar-refractivity contribution >= 4 is 5.91 Å². The second kappa shape index (κ2) is 8.00. The van der Waals surface area contributed by atoms with Crippen molar-refractivity contribution in [1.29, 1.82) is 0 Å². The molecule has 0 aromatic carbocycles. The van der Waals surface area contributed by atoms with Crippen molar-refractivity contribution in [2.24, 2.45) is 5.92 Å². The summed E-state index contributed by atoms with van der Waals surface area (Å²) in [6.45, 7) is 3.76. The number of carbonyl (C=O) groups is 1. The first kappa shape index (κ1) is 19.5. The smallest absolute Gasteiger partial charge is 0.251 e. The average molecular weight is 412 g/mol. The van der Waals surface area contributed by atoms with Gasteiger partial charge in [-0.25, -0.2) is 0 Å². The van der Waals surface area contributed by atoms with E-state index in [1.165, 1.54) is 0 Å². The summed E-state index contributed by atoms with van der Waals surface area (Å²) in [5, 5.41) is 7.10. The highest BCUT2D eigenvalue weighted by Gasteiger charge is 2.46. The number of aromatic nitrogens is 3. The van der Waals surface area contributed by atoms with Crippen molar-refractivity contribution in [2.75, 3.05) is 33.4 Å². The number of methoxy groups -OCH3 is 1. The van der Waals surface area contributed by atoms with Crippen LogP contribution in [0.15, 0.2) is 35.3 Å². The second-order valence-electron chi connectivity index (χ2n) is 8.86. The van der Waals surface area contributed by atoms with Gasteiger partial charge in [0.15, 0.2) is 0 Å². The van der Waals surface area contributed by atoms with E-state index in [4.69, 9.17) is 4.74 Å². The molecule has 5 rings (SSSR count). The highest BCUT2D eigenvalue weighted by Crippen LogP contribution is 2.42. The molecule has 0 aliphatic carbocycles. The molecule has 5 heterocycles. The lowest BCUT2D eigenvalue weighted by atomic mass is 9.78. The number of likely N-dealkylation sites (tertiary alicyclic amines) is 2. The van der Waals surface area contributed by atoms with Crippen molar-refractivity contribution in [1.82, 2.24) is 24.6 Å². The van der Waals surface area contributed by atoms with Crippen molar-refractivity contribution in [2.45, 2.75) is 43.8 Å². The zero-order valence-corrected chi connectivity index (χ0v) is 17.4.